The second-order valence-electron chi connectivity index (χ2n) is 13.1. The third kappa shape index (κ3) is 5.73. The molecule has 4 aliphatic rings. The minimum Gasteiger partial charge on any atom is -0.461 e. The van der Waals surface area contributed by atoms with E-state index in [2.05, 4.69) is 35.3 Å². The number of amides is 1. The van der Waals surface area contributed by atoms with E-state index in [0.717, 1.165) is 32.4 Å². The fourth-order valence-corrected chi connectivity index (χ4v) is 7.82. The monoisotopic (exact) mass is 663 g/mol. The summed E-state index contributed by atoms with van der Waals surface area (Å²) in [5.41, 5.74) is 0.836. The lowest BCUT2D eigenvalue weighted by Gasteiger charge is -2.36. The summed E-state index contributed by atoms with van der Waals surface area (Å²) in [7, 11) is 1.82. The molecule has 3 aromatic heterocycles. The van der Waals surface area contributed by atoms with Crippen molar-refractivity contribution in [3.63, 3.8) is 0 Å². The molecular formula is C34H43F2N9O3. The van der Waals surface area contributed by atoms with Gasteiger partial charge in [-0.1, -0.05) is 13.8 Å². The summed E-state index contributed by atoms with van der Waals surface area (Å²) >= 11 is 0. The van der Waals surface area contributed by atoms with Gasteiger partial charge in [-0.15, -0.1) is 0 Å². The molecule has 1 amide bonds. The number of anilines is 1. The maximum atomic E-state index is 16.8. The molecule has 3 saturated heterocycles. The van der Waals surface area contributed by atoms with Gasteiger partial charge in [-0.25, -0.2) is 8.78 Å². The molecule has 3 unspecified atom stereocenters. The molecule has 4 aromatic rings. The number of likely N-dealkylation sites (N-methyl/N-ethyl adjacent to an activating group) is 1. The van der Waals surface area contributed by atoms with Gasteiger partial charge >= 0.3 is 6.01 Å². The van der Waals surface area contributed by atoms with Gasteiger partial charge in [0.25, 0.3) is 0 Å². The molecule has 3 fully saturated rings. The standard InChI is InChI=1S/C32H37F2N9O3.C2H6/c1-18-23(33)10-24-21(13-37-40-24)26(18)29-27(34)28-22(12-36-29)30-39-31(38-28)46-17-32-5-3-7-43(32)16-20(11-32)45-9-4-25(44)41(2)14-19-15-42(30)8-6-35-19;1-2/h10,12-13,19-20,35H,3-9,11,14-17H2,1-2H3,(H,37,40);1-2H3. The van der Waals surface area contributed by atoms with Crippen molar-refractivity contribution in [3.8, 4) is 17.3 Å². The zero-order valence-electron chi connectivity index (χ0n) is 28.0. The highest BCUT2D eigenvalue weighted by Crippen LogP contribution is 2.41. The number of hydrogen-bond donors (Lipinski definition) is 2. The van der Waals surface area contributed by atoms with E-state index in [-0.39, 0.29) is 46.4 Å². The Morgan fingerprint density at radius 2 is 1.94 bits per heavy atom. The van der Waals surface area contributed by atoms with Gasteiger partial charge in [0.2, 0.25) is 5.91 Å². The van der Waals surface area contributed by atoms with Crippen LogP contribution in [-0.2, 0) is 9.53 Å². The third-order valence-corrected chi connectivity index (χ3v) is 10.2. The fraction of sp³-hybridized carbons (Fsp3) is 0.559. The summed E-state index contributed by atoms with van der Waals surface area (Å²) in [6, 6.07) is 1.39. The van der Waals surface area contributed by atoms with Crippen molar-refractivity contribution in [2.75, 3.05) is 64.4 Å². The zero-order valence-corrected chi connectivity index (χ0v) is 28.0. The van der Waals surface area contributed by atoms with E-state index in [1.165, 1.54) is 6.07 Å². The highest BCUT2D eigenvalue weighted by atomic mass is 19.1. The lowest BCUT2D eigenvalue weighted by molar-refractivity contribution is -0.131. The molecule has 7 heterocycles. The van der Waals surface area contributed by atoms with Gasteiger partial charge in [-0.3, -0.25) is 19.8 Å². The number of ether oxygens (including phenoxy) is 2. The van der Waals surface area contributed by atoms with E-state index in [1.54, 1.807) is 24.2 Å². The van der Waals surface area contributed by atoms with Crippen molar-refractivity contribution in [2.24, 2.45) is 0 Å². The highest BCUT2D eigenvalue weighted by Gasteiger charge is 2.49. The van der Waals surface area contributed by atoms with Gasteiger partial charge < -0.3 is 24.6 Å². The van der Waals surface area contributed by atoms with Crippen LogP contribution in [0.4, 0.5) is 14.6 Å². The third-order valence-electron chi connectivity index (χ3n) is 10.2. The molecule has 0 aliphatic carbocycles. The molecule has 2 N–H and O–H groups in total. The average molecular weight is 664 g/mol. The summed E-state index contributed by atoms with van der Waals surface area (Å²) in [6.45, 7) is 10.3. The molecule has 14 heteroatoms. The van der Waals surface area contributed by atoms with Crippen LogP contribution >= 0.6 is 0 Å². The molecule has 48 heavy (non-hydrogen) atoms. The smallest absolute Gasteiger partial charge is 0.319 e. The molecule has 1 spiro atoms. The maximum absolute atomic E-state index is 16.8. The van der Waals surface area contributed by atoms with Crippen LogP contribution in [-0.4, -0.2) is 118 Å². The van der Waals surface area contributed by atoms with E-state index >= 15 is 4.39 Å². The predicted octanol–water partition coefficient (Wildman–Crippen LogP) is 3.82. The molecule has 0 saturated carbocycles. The van der Waals surface area contributed by atoms with Crippen LogP contribution in [0.15, 0.2) is 18.5 Å². The highest BCUT2D eigenvalue weighted by molar-refractivity contribution is 5.99. The van der Waals surface area contributed by atoms with E-state index < -0.39 is 11.6 Å². The van der Waals surface area contributed by atoms with E-state index in [9.17, 15) is 9.18 Å². The first-order valence-electron chi connectivity index (χ1n) is 17.0. The molecule has 4 aliphatic heterocycles. The van der Waals surface area contributed by atoms with Crippen LogP contribution in [0.25, 0.3) is 33.1 Å². The van der Waals surface area contributed by atoms with Crippen LogP contribution in [0.3, 0.4) is 0 Å². The minimum atomic E-state index is -0.680. The Morgan fingerprint density at radius 1 is 1.08 bits per heavy atom. The van der Waals surface area contributed by atoms with Crippen LogP contribution in [0.1, 0.15) is 45.1 Å². The molecule has 6 bridgehead atoms. The van der Waals surface area contributed by atoms with Gasteiger partial charge in [-0.05, 0) is 44.4 Å². The molecular weight excluding hydrogens is 620 g/mol. The average Bonchev–Trinajstić information content (AvgIpc) is 3.80. The molecule has 3 atom stereocenters. The van der Waals surface area contributed by atoms with Crippen LogP contribution in [0.2, 0.25) is 0 Å². The molecule has 256 valence electrons. The van der Waals surface area contributed by atoms with Crippen molar-refractivity contribution in [3.05, 3.63) is 35.7 Å². The number of aromatic nitrogens is 5. The maximum Gasteiger partial charge on any atom is 0.319 e. The fourth-order valence-electron chi connectivity index (χ4n) is 7.82. The Balaban J connectivity index is 0.00000179. The van der Waals surface area contributed by atoms with Crippen molar-refractivity contribution in [1.82, 2.24) is 40.3 Å². The summed E-state index contributed by atoms with van der Waals surface area (Å²) in [5.74, 6) is -0.618. The Bertz CT molecular complexity index is 1840. The Kier molecular flexibility index (Phi) is 8.90. The largest absolute Gasteiger partial charge is 0.461 e. The predicted molar refractivity (Wildman–Crippen MR) is 178 cm³/mol. The zero-order chi connectivity index (χ0) is 33.6. The van der Waals surface area contributed by atoms with E-state index in [0.29, 0.717) is 73.5 Å². The number of H-pyrrole nitrogens is 1. The Hall–Kier alpha value is -4.01. The molecule has 1 aromatic carbocycles. The molecule has 8 rings (SSSR count). The van der Waals surface area contributed by atoms with Crippen molar-refractivity contribution >= 4 is 33.5 Å². The first-order chi connectivity index (χ1) is 23.3. The van der Waals surface area contributed by atoms with Gasteiger partial charge in [0, 0.05) is 63.0 Å². The summed E-state index contributed by atoms with van der Waals surface area (Å²) < 4.78 is 44.4. The summed E-state index contributed by atoms with van der Waals surface area (Å²) in [5, 5.41) is 11.3. The number of pyridine rings is 1. The van der Waals surface area contributed by atoms with Gasteiger partial charge in [0.1, 0.15) is 29.5 Å². The number of piperazine rings is 1. The van der Waals surface area contributed by atoms with Crippen LogP contribution in [0.5, 0.6) is 6.01 Å². The lowest BCUT2D eigenvalue weighted by Crippen LogP contribution is -2.55. The first-order valence-corrected chi connectivity index (χ1v) is 17.0. The van der Waals surface area contributed by atoms with Crippen molar-refractivity contribution in [1.29, 1.82) is 0 Å². The summed E-state index contributed by atoms with van der Waals surface area (Å²) in [6.07, 6.45) is 6.20. The number of aromatic amines is 1. The van der Waals surface area contributed by atoms with Crippen LogP contribution in [0, 0.1) is 18.6 Å². The molecule has 12 nitrogen and oxygen atoms in total. The number of rotatable bonds is 1. The second kappa shape index (κ2) is 13.1. The number of carbonyl (C=O) groups excluding carboxylic acids is 1. The summed E-state index contributed by atoms with van der Waals surface area (Å²) in [4.78, 5) is 33.3. The number of nitrogens with one attached hydrogen (secondary N) is 2. The Labute approximate surface area is 278 Å². The van der Waals surface area contributed by atoms with E-state index in [1.807, 2.05) is 20.9 Å². The molecule has 0 radical (unpaired) electrons. The normalized spacial score (nSPS) is 25.1. The SMILES string of the molecule is CC.Cc1c(F)cc2[nH]ncc2c1-c1ncc2c3nc(nc2c1F)OCC12CCCN1CC(C2)OCCC(=O)N(C)CC1CN3CCN1. The number of halogens is 2. The second-order valence-corrected chi connectivity index (χ2v) is 13.1. The lowest BCUT2D eigenvalue weighted by atomic mass is 9.94. The Morgan fingerprint density at radius 3 is 2.79 bits per heavy atom. The van der Waals surface area contributed by atoms with Gasteiger partial charge in [-0.2, -0.15) is 15.1 Å². The van der Waals surface area contributed by atoms with Crippen molar-refractivity contribution in [2.45, 2.75) is 64.1 Å². The number of fused-ring (bicyclic) bond motifs is 9. The van der Waals surface area contributed by atoms with Crippen molar-refractivity contribution < 1.29 is 23.0 Å². The van der Waals surface area contributed by atoms with Gasteiger partial charge in [0.15, 0.2) is 5.82 Å². The number of hydrogen-bond acceptors (Lipinski definition) is 10. The quantitative estimate of drug-likeness (QED) is 0.311. The first kappa shape index (κ1) is 32.5. The van der Waals surface area contributed by atoms with E-state index in [4.69, 9.17) is 14.5 Å². The number of benzene rings is 1. The van der Waals surface area contributed by atoms with Gasteiger partial charge in [0.05, 0.1) is 41.8 Å². The number of nitrogens with zero attached hydrogens (tertiary/aromatic N) is 7. The number of carbonyl (C=O) groups is 1. The van der Waals surface area contributed by atoms with Crippen LogP contribution < -0.4 is 15.0 Å². The topological polar surface area (TPSA) is 125 Å². The minimum absolute atomic E-state index is 0.00175.